The zero-order valence-electron chi connectivity index (χ0n) is 19.8. The first kappa shape index (κ1) is 26.1. The van der Waals surface area contributed by atoms with Crippen LogP contribution in [0.2, 0.25) is 5.15 Å². The molecule has 0 radical (unpaired) electrons. The van der Waals surface area contributed by atoms with E-state index in [1.807, 2.05) is 42.1 Å². The van der Waals surface area contributed by atoms with Crippen LogP contribution in [0.4, 0.5) is 24.7 Å². The van der Waals surface area contributed by atoms with Gasteiger partial charge in [0.2, 0.25) is 0 Å². The van der Waals surface area contributed by atoms with Crippen LogP contribution in [0.5, 0.6) is 0 Å². The van der Waals surface area contributed by atoms with Gasteiger partial charge in [0.25, 0.3) is 5.91 Å². The summed E-state index contributed by atoms with van der Waals surface area (Å²) in [4.78, 5) is 27.3. The normalized spacial score (nSPS) is 14.2. The van der Waals surface area contributed by atoms with Gasteiger partial charge in [-0.05, 0) is 35.9 Å². The Bertz CT molecular complexity index is 1230. The maximum absolute atomic E-state index is 13.1. The number of halogens is 4. The van der Waals surface area contributed by atoms with Crippen LogP contribution >= 0.6 is 23.4 Å². The Morgan fingerprint density at radius 2 is 1.75 bits per heavy atom. The second-order valence-corrected chi connectivity index (χ2v) is 9.87. The van der Waals surface area contributed by atoms with Gasteiger partial charge >= 0.3 is 6.18 Å². The van der Waals surface area contributed by atoms with E-state index in [0.29, 0.717) is 59.3 Å². The highest BCUT2D eigenvalue weighted by Gasteiger charge is 2.31. The number of hydrogen-bond acceptors (Lipinski definition) is 6. The van der Waals surface area contributed by atoms with Gasteiger partial charge in [-0.3, -0.25) is 4.79 Å². The first-order chi connectivity index (χ1) is 17.1. The van der Waals surface area contributed by atoms with Crippen molar-refractivity contribution in [2.24, 2.45) is 0 Å². The van der Waals surface area contributed by atoms with Crippen LogP contribution in [0.1, 0.15) is 21.5 Å². The van der Waals surface area contributed by atoms with Crippen LogP contribution in [0.25, 0.3) is 0 Å². The fourth-order valence-electron chi connectivity index (χ4n) is 3.85. The SMILES string of the molecule is CN(C)c1cc(Cl)nc(SCc2cccc(C(=O)N3CCN(c4cccc(C(F)(F)F)c4)CC3)c2)n1. The highest BCUT2D eigenvalue weighted by Crippen LogP contribution is 2.32. The maximum atomic E-state index is 13.1. The molecule has 190 valence electrons. The number of aromatic nitrogens is 2. The van der Waals surface area contributed by atoms with Crippen molar-refractivity contribution >= 4 is 40.8 Å². The lowest BCUT2D eigenvalue weighted by Gasteiger charge is -2.36. The average Bonchev–Trinajstić information content (AvgIpc) is 2.86. The lowest BCUT2D eigenvalue weighted by Crippen LogP contribution is -2.48. The molecule has 0 saturated carbocycles. The molecule has 0 N–H and O–H groups in total. The number of nitrogens with zero attached hydrogens (tertiary/aromatic N) is 5. The van der Waals surface area contributed by atoms with E-state index in [9.17, 15) is 18.0 Å². The van der Waals surface area contributed by atoms with Crippen molar-refractivity contribution in [2.45, 2.75) is 17.1 Å². The third kappa shape index (κ3) is 6.41. The van der Waals surface area contributed by atoms with Crippen LogP contribution in [-0.4, -0.2) is 61.0 Å². The third-order valence-corrected chi connectivity index (χ3v) is 6.88. The molecular formula is C25H25ClF3N5OS. The number of benzene rings is 2. The number of hydrogen-bond donors (Lipinski definition) is 0. The van der Waals surface area contributed by atoms with Gasteiger partial charge in [0.15, 0.2) is 5.16 Å². The highest BCUT2D eigenvalue weighted by atomic mass is 35.5. The van der Waals surface area contributed by atoms with E-state index in [4.69, 9.17) is 11.6 Å². The summed E-state index contributed by atoms with van der Waals surface area (Å²) in [6, 6.07) is 14.4. The number of piperazine rings is 1. The summed E-state index contributed by atoms with van der Waals surface area (Å²) in [5.74, 6) is 1.18. The number of carbonyl (C=O) groups is 1. The summed E-state index contributed by atoms with van der Waals surface area (Å²) in [5, 5.41) is 0.915. The number of carbonyl (C=O) groups excluding carboxylic acids is 1. The number of rotatable bonds is 6. The molecule has 6 nitrogen and oxygen atoms in total. The predicted octanol–water partition coefficient (Wildman–Crippen LogP) is 5.47. The Hall–Kier alpha value is -2.98. The number of alkyl halides is 3. The average molecular weight is 536 g/mol. The Kier molecular flexibility index (Phi) is 7.94. The quantitative estimate of drug-likeness (QED) is 0.237. The summed E-state index contributed by atoms with van der Waals surface area (Å²) >= 11 is 7.54. The smallest absolute Gasteiger partial charge is 0.368 e. The van der Waals surface area contributed by atoms with Gasteiger partial charge in [-0.2, -0.15) is 13.2 Å². The van der Waals surface area contributed by atoms with Crippen molar-refractivity contribution in [3.05, 3.63) is 76.4 Å². The molecule has 36 heavy (non-hydrogen) atoms. The van der Waals surface area contributed by atoms with E-state index >= 15 is 0 Å². The lowest BCUT2D eigenvalue weighted by molar-refractivity contribution is -0.137. The van der Waals surface area contributed by atoms with Crippen molar-refractivity contribution < 1.29 is 18.0 Å². The van der Waals surface area contributed by atoms with Crippen LogP contribution in [0.3, 0.4) is 0 Å². The molecule has 0 aliphatic carbocycles. The minimum atomic E-state index is -4.38. The van der Waals surface area contributed by atoms with Gasteiger partial charge in [-0.15, -0.1) is 0 Å². The van der Waals surface area contributed by atoms with Gasteiger partial charge in [0.05, 0.1) is 5.56 Å². The summed E-state index contributed by atoms with van der Waals surface area (Å²) in [5.41, 5.74) is 1.36. The molecule has 0 spiro atoms. The van der Waals surface area contributed by atoms with Crippen LogP contribution < -0.4 is 9.80 Å². The van der Waals surface area contributed by atoms with Crippen molar-refractivity contribution in [3.8, 4) is 0 Å². The van der Waals surface area contributed by atoms with Gasteiger partial charge in [0.1, 0.15) is 11.0 Å². The molecule has 1 amide bonds. The van der Waals surface area contributed by atoms with Gasteiger partial charge < -0.3 is 14.7 Å². The molecule has 1 aliphatic rings. The molecule has 1 aliphatic heterocycles. The molecule has 0 unspecified atom stereocenters. The number of anilines is 2. The molecule has 1 aromatic heterocycles. The van der Waals surface area contributed by atoms with E-state index < -0.39 is 11.7 Å². The Morgan fingerprint density at radius 1 is 1.03 bits per heavy atom. The number of thioether (sulfide) groups is 1. The van der Waals surface area contributed by atoms with E-state index in [0.717, 1.165) is 17.7 Å². The van der Waals surface area contributed by atoms with E-state index in [1.54, 1.807) is 23.1 Å². The van der Waals surface area contributed by atoms with Crippen molar-refractivity contribution in [2.75, 3.05) is 50.1 Å². The van der Waals surface area contributed by atoms with E-state index in [-0.39, 0.29) is 5.91 Å². The Labute approximate surface area is 217 Å². The third-order valence-electron chi connectivity index (χ3n) is 5.77. The van der Waals surface area contributed by atoms with Crippen molar-refractivity contribution in [1.29, 1.82) is 0 Å². The minimum absolute atomic E-state index is 0.0977. The Balaban J connectivity index is 1.37. The molecule has 3 aromatic rings. The molecular weight excluding hydrogens is 511 g/mol. The summed E-state index contributed by atoms with van der Waals surface area (Å²) in [6.45, 7) is 1.78. The monoisotopic (exact) mass is 535 g/mol. The van der Waals surface area contributed by atoms with Crippen LogP contribution in [0.15, 0.2) is 59.8 Å². The zero-order valence-corrected chi connectivity index (χ0v) is 21.4. The van der Waals surface area contributed by atoms with Crippen LogP contribution in [0, 0.1) is 0 Å². The van der Waals surface area contributed by atoms with Crippen molar-refractivity contribution in [3.63, 3.8) is 0 Å². The topological polar surface area (TPSA) is 52.6 Å². The standard InChI is InChI=1S/C25H25ClF3N5OS/c1-32(2)22-15-21(26)30-24(31-22)36-16-17-5-3-6-18(13-17)23(35)34-11-9-33(10-12-34)20-8-4-7-19(14-20)25(27,28)29/h3-8,13-15H,9-12,16H2,1-2H3. The Morgan fingerprint density at radius 3 is 2.44 bits per heavy atom. The molecule has 0 bridgehead atoms. The minimum Gasteiger partial charge on any atom is -0.368 e. The molecule has 11 heteroatoms. The highest BCUT2D eigenvalue weighted by molar-refractivity contribution is 7.98. The molecule has 0 atom stereocenters. The van der Waals surface area contributed by atoms with Crippen LogP contribution in [-0.2, 0) is 11.9 Å². The van der Waals surface area contributed by atoms with Gasteiger partial charge in [0, 0.05) is 63.3 Å². The first-order valence-corrected chi connectivity index (χ1v) is 12.6. The fourth-order valence-corrected chi connectivity index (χ4v) is 4.87. The van der Waals surface area contributed by atoms with E-state index in [1.165, 1.54) is 17.8 Å². The van der Waals surface area contributed by atoms with Gasteiger partial charge in [-0.25, -0.2) is 9.97 Å². The molecule has 1 fully saturated rings. The van der Waals surface area contributed by atoms with E-state index in [2.05, 4.69) is 9.97 Å². The molecule has 1 saturated heterocycles. The van der Waals surface area contributed by atoms with Gasteiger partial charge in [-0.1, -0.05) is 41.6 Å². The first-order valence-electron chi connectivity index (χ1n) is 11.3. The number of amides is 1. The largest absolute Gasteiger partial charge is 0.416 e. The molecule has 2 heterocycles. The predicted molar refractivity (Wildman–Crippen MR) is 137 cm³/mol. The summed E-state index contributed by atoms with van der Waals surface area (Å²) in [6.07, 6.45) is -4.38. The maximum Gasteiger partial charge on any atom is 0.416 e. The summed E-state index contributed by atoms with van der Waals surface area (Å²) < 4.78 is 39.2. The second-order valence-electron chi connectivity index (χ2n) is 8.54. The molecule has 2 aromatic carbocycles. The molecule has 4 rings (SSSR count). The van der Waals surface area contributed by atoms with Crippen molar-refractivity contribution in [1.82, 2.24) is 14.9 Å². The lowest BCUT2D eigenvalue weighted by atomic mass is 10.1. The summed E-state index contributed by atoms with van der Waals surface area (Å²) in [7, 11) is 3.75. The fraction of sp³-hybridized carbons (Fsp3) is 0.320. The second kappa shape index (κ2) is 11.0. The zero-order chi connectivity index (χ0) is 25.9.